The minimum Gasteiger partial charge on any atom is -0.872 e. The van der Waals surface area contributed by atoms with Crippen LogP contribution in [0.1, 0.15) is 89.5 Å². The maximum atomic E-state index is 12.4. The monoisotopic (exact) mass is 578 g/mol. The summed E-state index contributed by atoms with van der Waals surface area (Å²) < 4.78 is 39.0. The Balaban J connectivity index is 0.00000110. The predicted molar refractivity (Wildman–Crippen MR) is 141 cm³/mol. The fourth-order valence-electron chi connectivity index (χ4n) is 4.02. The van der Waals surface area contributed by atoms with Crippen LogP contribution in [0.4, 0.5) is 17.3 Å². The maximum Gasteiger partial charge on any atom is 3.00 e. The second-order valence-corrected chi connectivity index (χ2v) is 11.5. The zero-order chi connectivity index (χ0) is 28.0. The topological polar surface area (TPSA) is 70.8 Å². The number of rotatable bonds is 4. The van der Waals surface area contributed by atoms with E-state index >= 15 is 0 Å². The molecule has 0 heterocycles. The quantitative estimate of drug-likeness (QED) is 0.234. The van der Waals surface area contributed by atoms with Crippen LogP contribution in [-0.4, -0.2) is 31.8 Å². The Morgan fingerprint density at radius 2 is 1.03 bits per heavy atom. The fourth-order valence-corrected chi connectivity index (χ4v) is 4.02. The Hall–Kier alpha value is -2.33. The number of hydrogen-bond acceptors (Lipinski definition) is 4. The standard InChI is InChI=1S/C28H38N2O2.BF4.Co/c1-27(2,3)21-11-13-25(31)19(15-21)17-29-23-9-7-8-10-24(23)30-18-20-16-22(28(4,5)6)12-14-26(20)32;2-1(3,4)5;/h11-18,23-24,31-32H,7-10H2,1-6H3;;/q;-1;+3/p-2/t23-,24-;;/m0../s1. The van der Waals surface area contributed by atoms with Crippen LogP contribution in [-0.2, 0) is 27.6 Å². The van der Waals surface area contributed by atoms with E-state index in [4.69, 9.17) is 9.98 Å². The van der Waals surface area contributed by atoms with Crippen molar-refractivity contribution in [3.63, 3.8) is 0 Å². The summed E-state index contributed by atoms with van der Waals surface area (Å²) in [6.07, 6.45) is 7.56. The first kappa shape index (κ1) is 33.7. The molecule has 0 radical (unpaired) electrons. The molecule has 1 fully saturated rings. The van der Waals surface area contributed by atoms with Crippen LogP contribution >= 0.6 is 0 Å². The van der Waals surface area contributed by atoms with Gasteiger partial charge in [0.05, 0.1) is 12.1 Å². The number of halogens is 4. The molecule has 0 saturated heterocycles. The van der Waals surface area contributed by atoms with Crippen LogP contribution in [0.5, 0.6) is 11.5 Å². The van der Waals surface area contributed by atoms with Gasteiger partial charge in [-0.25, -0.2) is 0 Å². The molecule has 1 aliphatic rings. The minimum absolute atomic E-state index is 0. The van der Waals surface area contributed by atoms with Gasteiger partial charge >= 0.3 is 24.0 Å². The van der Waals surface area contributed by atoms with Gasteiger partial charge in [0, 0.05) is 12.4 Å². The van der Waals surface area contributed by atoms with Gasteiger partial charge in [-0.05, 0) is 45.9 Å². The van der Waals surface area contributed by atoms with Gasteiger partial charge < -0.3 is 27.5 Å². The number of benzene rings is 2. The van der Waals surface area contributed by atoms with E-state index in [9.17, 15) is 27.5 Å². The Labute approximate surface area is 234 Å². The molecule has 10 heteroatoms. The van der Waals surface area contributed by atoms with Crippen molar-refractivity contribution in [1.29, 1.82) is 0 Å². The van der Waals surface area contributed by atoms with Gasteiger partial charge in [-0.1, -0.05) is 90.8 Å². The van der Waals surface area contributed by atoms with Crippen molar-refractivity contribution in [1.82, 2.24) is 0 Å². The molecule has 2 aromatic rings. The molecule has 2 aromatic carbocycles. The number of aliphatic imine (C=N–C) groups is 2. The van der Waals surface area contributed by atoms with Crippen LogP contribution in [0.25, 0.3) is 0 Å². The average Bonchev–Trinajstić information content (AvgIpc) is 2.76. The van der Waals surface area contributed by atoms with E-state index in [1.165, 1.54) is 0 Å². The van der Waals surface area contributed by atoms with Gasteiger partial charge in [0.25, 0.3) is 0 Å². The summed E-state index contributed by atoms with van der Waals surface area (Å²) in [7, 11) is -6.00. The van der Waals surface area contributed by atoms with Crippen molar-refractivity contribution in [2.24, 2.45) is 9.98 Å². The van der Waals surface area contributed by atoms with Gasteiger partial charge in [0.15, 0.2) is 0 Å². The third-order valence-corrected chi connectivity index (χ3v) is 6.26. The number of nitrogens with zero attached hydrogens (tertiary/aromatic N) is 2. The molecule has 1 aliphatic carbocycles. The van der Waals surface area contributed by atoms with E-state index in [1.807, 2.05) is 24.3 Å². The summed E-state index contributed by atoms with van der Waals surface area (Å²) in [6, 6.07) is 11.0. The molecule has 0 N–H and O–H groups in total. The molecule has 210 valence electrons. The van der Waals surface area contributed by atoms with Crippen LogP contribution < -0.4 is 10.2 Å². The van der Waals surface area contributed by atoms with Crippen LogP contribution in [0.2, 0.25) is 0 Å². The molecule has 2 atom stereocenters. The summed E-state index contributed by atoms with van der Waals surface area (Å²) >= 11 is 0. The van der Waals surface area contributed by atoms with Crippen molar-refractivity contribution < 1.29 is 44.3 Å². The third kappa shape index (κ3) is 11.2. The molecule has 0 bridgehead atoms. The van der Waals surface area contributed by atoms with E-state index < -0.39 is 7.25 Å². The SMILES string of the molecule is CC(C)(C)c1ccc([O-])c(C=N[C@H]2CCCC[C@@H]2N=Cc2cc(C(C)(C)C)ccc2[O-])c1.F[B-](F)(F)F.[Co+3]. The largest absolute Gasteiger partial charge is 3.00 e. The first-order valence-corrected chi connectivity index (χ1v) is 12.5. The summed E-state index contributed by atoms with van der Waals surface area (Å²) in [6.45, 7) is 12.8. The Morgan fingerprint density at radius 1 is 0.711 bits per heavy atom. The molecule has 1 saturated carbocycles. The summed E-state index contributed by atoms with van der Waals surface area (Å²) in [5, 5.41) is 24.7. The molecule has 0 aliphatic heterocycles. The molecule has 3 rings (SSSR count). The molecular formula is C28H36BCoF4N2O2. The van der Waals surface area contributed by atoms with Gasteiger partial charge in [-0.3, -0.25) is 9.98 Å². The van der Waals surface area contributed by atoms with Gasteiger partial charge in [0.1, 0.15) is 0 Å². The minimum atomic E-state index is -6.00. The van der Waals surface area contributed by atoms with Gasteiger partial charge in [-0.15, -0.1) is 11.5 Å². The van der Waals surface area contributed by atoms with E-state index in [-0.39, 0.29) is 51.2 Å². The van der Waals surface area contributed by atoms with E-state index in [0.29, 0.717) is 11.1 Å². The molecule has 4 nitrogen and oxygen atoms in total. The molecular weight excluding hydrogens is 542 g/mol. The molecule has 0 spiro atoms. The van der Waals surface area contributed by atoms with Gasteiger partial charge in [-0.2, -0.15) is 0 Å². The average molecular weight is 578 g/mol. The van der Waals surface area contributed by atoms with E-state index in [0.717, 1.165) is 36.8 Å². The zero-order valence-corrected chi connectivity index (χ0v) is 23.8. The maximum absolute atomic E-state index is 12.4. The number of hydrogen-bond donors (Lipinski definition) is 0. The van der Waals surface area contributed by atoms with E-state index in [1.54, 1.807) is 24.6 Å². The third-order valence-electron chi connectivity index (χ3n) is 6.26. The Morgan fingerprint density at radius 3 is 1.32 bits per heavy atom. The van der Waals surface area contributed by atoms with Crippen LogP contribution in [0.15, 0.2) is 46.4 Å². The van der Waals surface area contributed by atoms with E-state index in [2.05, 4.69) is 41.5 Å². The zero-order valence-electron chi connectivity index (χ0n) is 22.7. The summed E-state index contributed by atoms with van der Waals surface area (Å²) in [5.74, 6) is -0.0137. The second-order valence-electron chi connectivity index (χ2n) is 11.5. The summed E-state index contributed by atoms with van der Waals surface area (Å²) in [4.78, 5) is 9.59. The molecule has 0 amide bonds. The Bertz CT molecular complexity index is 1020. The normalized spacial score (nSPS) is 18.7. The second kappa shape index (κ2) is 13.6. The van der Waals surface area contributed by atoms with Crippen molar-refractivity contribution >= 4 is 19.7 Å². The first-order valence-electron chi connectivity index (χ1n) is 12.5. The van der Waals surface area contributed by atoms with Crippen molar-refractivity contribution in [2.45, 2.75) is 90.1 Å². The molecule has 0 aromatic heterocycles. The molecule has 0 unspecified atom stereocenters. The summed E-state index contributed by atoms with van der Waals surface area (Å²) in [5.41, 5.74) is 3.46. The van der Waals surface area contributed by atoms with Crippen LogP contribution in [0, 0.1) is 0 Å². The molecule has 38 heavy (non-hydrogen) atoms. The van der Waals surface area contributed by atoms with Gasteiger partial charge in [0.2, 0.25) is 0 Å². The van der Waals surface area contributed by atoms with Crippen LogP contribution in [0.3, 0.4) is 0 Å². The van der Waals surface area contributed by atoms with Crippen molar-refractivity contribution in [2.75, 3.05) is 0 Å². The predicted octanol–water partition coefficient (Wildman–Crippen LogP) is 6.58. The smallest absolute Gasteiger partial charge is 0.872 e. The first-order chi connectivity index (χ1) is 16.9. The van der Waals surface area contributed by atoms with Crippen molar-refractivity contribution in [3.8, 4) is 11.5 Å². The Kier molecular flexibility index (Phi) is 12.1. The van der Waals surface area contributed by atoms with Crippen molar-refractivity contribution in [3.05, 3.63) is 58.7 Å². The fraction of sp³-hybridized carbons (Fsp3) is 0.500.